The maximum absolute atomic E-state index is 11.4. The second kappa shape index (κ2) is 5.21. The smallest absolute Gasteiger partial charge is 0.220 e. The molecule has 0 unspecified atom stereocenters. The number of rotatable bonds is 3. The molecule has 0 aromatic heterocycles. The molecule has 3 heteroatoms. The Morgan fingerprint density at radius 3 is 2.35 bits per heavy atom. The van der Waals surface area contributed by atoms with Gasteiger partial charge in [0.05, 0.1) is 0 Å². The SMILES string of the molecule is C=C(C)/C(C)=C(\C)[C@H]1CNC(=O)C[C@@H]1C(=C)N. The first-order valence-corrected chi connectivity index (χ1v) is 5.88. The van der Waals surface area contributed by atoms with Gasteiger partial charge >= 0.3 is 0 Å². The standard InChI is InChI=1S/C14H22N2O/c1-8(2)9(3)10(4)13-7-16-14(17)6-12(13)11(5)15/h12-13H,1,5-7,15H2,2-4H3,(H,16,17)/b10-9+/t12-,13-/m1/s1. The zero-order valence-electron chi connectivity index (χ0n) is 11.0. The average molecular weight is 234 g/mol. The van der Waals surface area contributed by atoms with Gasteiger partial charge in [-0.05, 0) is 26.3 Å². The Morgan fingerprint density at radius 2 is 1.88 bits per heavy atom. The van der Waals surface area contributed by atoms with Gasteiger partial charge in [0, 0.05) is 30.5 Å². The molecule has 2 atom stereocenters. The molecule has 0 aliphatic carbocycles. The minimum absolute atomic E-state index is 0.0399. The molecule has 0 spiro atoms. The van der Waals surface area contributed by atoms with E-state index in [9.17, 15) is 4.79 Å². The first-order chi connectivity index (χ1) is 7.84. The van der Waals surface area contributed by atoms with E-state index in [0.29, 0.717) is 18.7 Å². The second-order valence-corrected chi connectivity index (χ2v) is 4.88. The zero-order chi connectivity index (χ0) is 13.2. The van der Waals surface area contributed by atoms with E-state index < -0.39 is 0 Å². The summed E-state index contributed by atoms with van der Waals surface area (Å²) in [5.41, 5.74) is 9.90. The molecule has 0 bridgehead atoms. The lowest BCUT2D eigenvalue weighted by molar-refractivity contribution is -0.123. The lowest BCUT2D eigenvalue weighted by Crippen LogP contribution is -2.43. The van der Waals surface area contributed by atoms with Gasteiger partial charge in [0.1, 0.15) is 0 Å². The van der Waals surface area contributed by atoms with Gasteiger partial charge in [-0.15, -0.1) is 0 Å². The lowest BCUT2D eigenvalue weighted by Gasteiger charge is -2.33. The molecular formula is C14H22N2O. The van der Waals surface area contributed by atoms with E-state index in [0.717, 1.165) is 5.57 Å². The largest absolute Gasteiger partial charge is 0.402 e. The number of hydrogen-bond donors (Lipinski definition) is 2. The maximum atomic E-state index is 11.4. The van der Waals surface area contributed by atoms with Crippen molar-refractivity contribution in [1.82, 2.24) is 5.32 Å². The average Bonchev–Trinajstić information content (AvgIpc) is 2.26. The van der Waals surface area contributed by atoms with E-state index in [4.69, 9.17) is 5.73 Å². The number of nitrogens with one attached hydrogen (secondary N) is 1. The third-order valence-corrected chi connectivity index (χ3v) is 3.67. The van der Waals surface area contributed by atoms with Crippen LogP contribution in [0.3, 0.4) is 0 Å². The number of hydrogen-bond acceptors (Lipinski definition) is 2. The highest BCUT2D eigenvalue weighted by molar-refractivity contribution is 5.77. The maximum Gasteiger partial charge on any atom is 0.220 e. The summed E-state index contributed by atoms with van der Waals surface area (Å²) in [4.78, 5) is 11.4. The molecule has 1 rings (SSSR count). The fraction of sp³-hybridized carbons (Fsp3) is 0.500. The van der Waals surface area contributed by atoms with Gasteiger partial charge in [0.25, 0.3) is 0 Å². The number of piperidine rings is 1. The van der Waals surface area contributed by atoms with Gasteiger partial charge in [0.15, 0.2) is 0 Å². The predicted molar refractivity (Wildman–Crippen MR) is 71.1 cm³/mol. The fourth-order valence-electron chi connectivity index (χ4n) is 2.24. The minimum Gasteiger partial charge on any atom is -0.402 e. The van der Waals surface area contributed by atoms with Crippen LogP contribution >= 0.6 is 0 Å². The minimum atomic E-state index is 0.0399. The van der Waals surface area contributed by atoms with Crippen LogP contribution in [0.4, 0.5) is 0 Å². The molecule has 0 aromatic carbocycles. The molecule has 1 saturated heterocycles. The lowest BCUT2D eigenvalue weighted by atomic mass is 9.78. The Kier molecular flexibility index (Phi) is 4.16. The van der Waals surface area contributed by atoms with Gasteiger partial charge in [-0.1, -0.05) is 24.3 Å². The van der Waals surface area contributed by atoms with E-state index in [1.54, 1.807) is 0 Å². The summed E-state index contributed by atoms with van der Waals surface area (Å²) in [6.45, 7) is 14.5. The fourth-order valence-corrected chi connectivity index (χ4v) is 2.24. The topological polar surface area (TPSA) is 55.1 Å². The summed E-state index contributed by atoms with van der Waals surface area (Å²) in [5, 5.41) is 2.89. The van der Waals surface area contributed by atoms with E-state index in [1.807, 2.05) is 6.92 Å². The summed E-state index contributed by atoms with van der Waals surface area (Å²) in [7, 11) is 0. The molecule has 17 heavy (non-hydrogen) atoms. The molecule has 1 heterocycles. The van der Waals surface area contributed by atoms with Crippen LogP contribution in [0.5, 0.6) is 0 Å². The summed E-state index contributed by atoms with van der Waals surface area (Å²) in [6.07, 6.45) is 0.431. The molecule has 1 aliphatic heterocycles. The Morgan fingerprint density at radius 1 is 1.29 bits per heavy atom. The van der Waals surface area contributed by atoms with Crippen molar-refractivity contribution in [1.29, 1.82) is 0 Å². The zero-order valence-corrected chi connectivity index (χ0v) is 11.0. The third kappa shape index (κ3) is 2.99. The number of allylic oxidation sites excluding steroid dienone is 3. The molecule has 0 saturated carbocycles. The highest BCUT2D eigenvalue weighted by Gasteiger charge is 2.31. The van der Waals surface area contributed by atoms with Crippen molar-refractivity contribution in [3.05, 3.63) is 35.6 Å². The molecule has 0 aromatic rings. The third-order valence-electron chi connectivity index (χ3n) is 3.67. The van der Waals surface area contributed by atoms with Crippen molar-refractivity contribution in [2.24, 2.45) is 17.6 Å². The number of carbonyl (C=O) groups is 1. The van der Waals surface area contributed by atoms with E-state index in [2.05, 4.69) is 32.3 Å². The monoisotopic (exact) mass is 234 g/mol. The van der Waals surface area contributed by atoms with Gasteiger partial charge < -0.3 is 11.1 Å². The van der Waals surface area contributed by atoms with Crippen molar-refractivity contribution in [2.75, 3.05) is 6.54 Å². The van der Waals surface area contributed by atoms with Crippen LogP contribution < -0.4 is 11.1 Å². The highest BCUT2D eigenvalue weighted by atomic mass is 16.1. The first kappa shape index (κ1) is 13.6. The van der Waals surface area contributed by atoms with Crippen LogP contribution in [0.1, 0.15) is 27.2 Å². The number of carbonyl (C=O) groups excluding carboxylic acids is 1. The Balaban J connectivity index is 3.02. The molecule has 3 N–H and O–H groups in total. The second-order valence-electron chi connectivity index (χ2n) is 4.88. The molecule has 1 aliphatic rings. The van der Waals surface area contributed by atoms with E-state index in [-0.39, 0.29) is 17.7 Å². The van der Waals surface area contributed by atoms with Crippen LogP contribution in [0, 0.1) is 11.8 Å². The van der Waals surface area contributed by atoms with Crippen molar-refractivity contribution >= 4 is 5.91 Å². The number of nitrogens with two attached hydrogens (primary N) is 1. The normalized spacial score (nSPS) is 25.9. The van der Waals surface area contributed by atoms with Crippen molar-refractivity contribution < 1.29 is 4.79 Å². The Bertz CT molecular complexity index is 393. The van der Waals surface area contributed by atoms with E-state index >= 15 is 0 Å². The van der Waals surface area contributed by atoms with Gasteiger partial charge in [-0.25, -0.2) is 0 Å². The van der Waals surface area contributed by atoms with Crippen LogP contribution in [0.15, 0.2) is 35.6 Å². The molecular weight excluding hydrogens is 212 g/mol. The molecule has 1 amide bonds. The number of amides is 1. The molecule has 3 nitrogen and oxygen atoms in total. The van der Waals surface area contributed by atoms with Crippen molar-refractivity contribution in [3.63, 3.8) is 0 Å². The van der Waals surface area contributed by atoms with Crippen LogP contribution in [-0.4, -0.2) is 12.5 Å². The Hall–Kier alpha value is -1.51. The molecule has 94 valence electrons. The quantitative estimate of drug-likeness (QED) is 0.735. The predicted octanol–water partition coefficient (Wildman–Crippen LogP) is 2.12. The van der Waals surface area contributed by atoms with Gasteiger partial charge in [0.2, 0.25) is 5.91 Å². The summed E-state index contributed by atoms with van der Waals surface area (Å²) in [6, 6.07) is 0. The highest BCUT2D eigenvalue weighted by Crippen LogP contribution is 2.32. The van der Waals surface area contributed by atoms with Crippen molar-refractivity contribution in [2.45, 2.75) is 27.2 Å². The van der Waals surface area contributed by atoms with Crippen molar-refractivity contribution in [3.8, 4) is 0 Å². The molecule has 1 fully saturated rings. The van der Waals surface area contributed by atoms with Crippen LogP contribution in [0.25, 0.3) is 0 Å². The first-order valence-electron chi connectivity index (χ1n) is 5.88. The van der Waals surface area contributed by atoms with E-state index in [1.165, 1.54) is 11.1 Å². The summed E-state index contributed by atoms with van der Waals surface area (Å²) in [5.74, 6) is 0.332. The molecule has 0 radical (unpaired) electrons. The van der Waals surface area contributed by atoms with Crippen LogP contribution in [-0.2, 0) is 4.79 Å². The van der Waals surface area contributed by atoms with Gasteiger partial charge in [-0.3, -0.25) is 4.79 Å². The van der Waals surface area contributed by atoms with Crippen LogP contribution in [0.2, 0.25) is 0 Å². The Labute approximate surface area is 103 Å². The summed E-state index contributed by atoms with van der Waals surface area (Å²) < 4.78 is 0. The summed E-state index contributed by atoms with van der Waals surface area (Å²) >= 11 is 0. The van der Waals surface area contributed by atoms with Gasteiger partial charge in [-0.2, -0.15) is 0 Å².